The molecule has 0 saturated carbocycles. The van der Waals surface area contributed by atoms with Crippen LogP contribution in [0.5, 0.6) is 5.75 Å². The molecule has 14 heavy (non-hydrogen) atoms. The maximum atomic E-state index is 12.5. The summed E-state index contributed by atoms with van der Waals surface area (Å²) < 4.78 is 30.5. The zero-order chi connectivity index (χ0) is 10.7. The second-order valence-electron chi connectivity index (χ2n) is 2.51. The normalized spacial score (nSPS) is 10.7. The van der Waals surface area contributed by atoms with Crippen molar-refractivity contribution in [2.24, 2.45) is 5.73 Å². The molecule has 1 rings (SSSR count). The van der Waals surface area contributed by atoms with Crippen molar-refractivity contribution in [1.29, 1.82) is 0 Å². The Balaban J connectivity index is 3.28. The quantitative estimate of drug-likeness (QED) is 0.869. The molecule has 0 fully saturated rings. The number of halogens is 3. The van der Waals surface area contributed by atoms with Crippen molar-refractivity contribution in [1.82, 2.24) is 4.98 Å². The molecule has 2 N–H and O–H groups in total. The van der Waals surface area contributed by atoms with Gasteiger partial charge in [0.1, 0.15) is 5.69 Å². The Morgan fingerprint density at radius 1 is 1.64 bits per heavy atom. The second-order valence-corrected chi connectivity index (χ2v) is 3.59. The molecule has 0 aliphatic heterocycles. The number of nitrogens with two attached hydrogens (primary N) is 1. The van der Waals surface area contributed by atoms with Gasteiger partial charge in [-0.1, -0.05) is 0 Å². The monoisotopic (exact) mass is 314 g/mol. The molecule has 0 amide bonds. The first-order valence-corrected chi connectivity index (χ1v) is 4.89. The third-order valence-electron chi connectivity index (χ3n) is 1.74. The number of ether oxygens (including phenoxy) is 1. The lowest BCUT2D eigenvalue weighted by molar-refractivity contribution is 0.144. The van der Waals surface area contributed by atoms with Gasteiger partial charge in [-0.25, -0.2) is 8.78 Å². The van der Waals surface area contributed by atoms with E-state index in [1.54, 1.807) is 0 Å². The molecule has 0 aliphatic carbocycles. The van der Waals surface area contributed by atoms with Crippen LogP contribution in [0.25, 0.3) is 0 Å². The van der Waals surface area contributed by atoms with E-state index in [-0.39, 0.29) is 12.2 Å². The largest absolute Gasteiger partial charge is 0.494 e. The van der Waals surface area contributed by atoms with Crippen LogP contribution in [-0.2, 0) is 6.54 Å². The van der Waals surface area contributed by atoms with E-state index in [1.165, 1.54) is 13.3 Å². The van der Waals surface area contributed by atoms with Crippen LogP contribution >= 0.6 is 22.6 Å². The summed E-state index contributed by atoms with van der Waals surface area (Å²) in [6.45, 7) is 0.0299. The number of methoxy groups -OCH3 is 1. The molecular formula is C8H9F2IN2O. The molecule has 1 aromatic heterocycles. The first-order valence-electron chi connectivity index (χ1n) is 3.81. The van der Waals surface area contributed by atoms with Crippen molar-refractivity contribution in [3.63, 3.8) is 0 Å². The summed E-state index contributed by atoms with van der Waals surface area (Å²) in [5.41, 5.74) is 5.46. The highest BCUT2D eigenvalue weighted by molar-refractivity contribution is 14.1. The van der Waals surface area contributed by atoms with Crippen LogP contribution in [0.15, 0.2) is 6.20 Å². The van der Waals surface area contributed by atoms with E-state index in [1.807, 2.05) is 22.6 Å². The molecule has 78 valence electrons. The number of pyridine rings is 1. The highest BCUT2D eigenvalue weighted by atomic mass is 127. The number of hydrogen-bond acceptors (Lipinski definition) is 3. The maximum absolute atomic E-state index is 12.5. The molecule has 0 unspecified atom stereocenters. The summed E-state index contributed by atoms with van der Waals surface area (Å²) in [6.07, 6.45) is -1.32. The Morgan fingerprint density at radius 3 is 2.71 bits per heavy atom. The second kappa shape index (κ2) is 4.83. The molecule has 1 heterocycles. The van der Waals surface area contributed by atoms with Crippen molar-refractivity contribution >= 4 is 22.6 Å². The minimum absolute atomic E-state index is 0.0299. The van der Waals surface area contributed by atoms with Gasteiger partial charge < -0.3 is 10.5 Å². The van der Waals surface area contributed by atoms with Crippen molar-refractivity contribution in [2.75, 3.05) is 7.11 Å². The van der Waals surface area contributed by atoms with Gasteiger partial charge in [0.15, 0.2) is 5.75 Å². The number of rotatable bonds is 3. The Hall–Kier alpha value is -0.500. The average molecular weight is 314 g/mol. The first-order chi connectivity index (χ1) is 6.61. The molecule has 1 aromatic rings. The molecule has 0 bridgehead atoms. The van der Waals surface area contributed by atoms with E-state index in [2.05, 4.69) is 4.98 Å². The maximum Gasteiger partial charge on any atom is 0.280 e. The van der Waals surface area contributed by atoms with Gasteiger partial charge >= 0.3 is 0 Å². The molecule has 6 heteroatoms. The van der Waals surface area contributed by atoms with Crippen molar-refractivity contribution < 1.29 is 13.5 Å². The zero-order valence-electron chi connectivity index (χ0n) is 7.43. The molecule has 0 saturated heterocycles. The molecule has 0 aromatic carbocycles. The van der Waals surface area contributed by atoms with E-state index >= 15 is 0 Å². The summed E-state index contributed by atoms with van der Waals surface area (Å²) in [5.74, 6) is 0.468. The van der Waals surface area contributed by atoms with Gasteiger partial charge in [0.05, 0.1) is 16.9 Å². The van der Waals surface area contributed by atoms with E-state index in [0.717, 1.165) is 0 Å². The van der Waals surface area contributed by atoms with E-state index < -0.39 is 6.43 Å². The lowest BCUT2D eigenvalue weighted by Gasteiger charge is -2.11. The highest BCUT2D eigenvalue weighted by Gasteiger charge is 2.18. The summed E-state index contributed by atoms with van der Waals surface area (Å²) in [4.78, 5) is 3.62. The minimum atomic E-state index is -2.60. The van der Waals surface area contributed by atoms with Crippen LogP contribution in [0.3, 0.4) is 0 Å². The average Bonchev–Trinajstić information content (AvgIpc) is 2.17. The third-order valence-corrected chi connectivity index (χ3v) is 2.92. The lowest BCUT2D eigenvalue weighted by Crippen LogP contribution is -2.08. The molecule has 3 nitrogen and oxygen atoms in total. The molecule has 0 radical (unpaired) electrons. The van der Waals surface area contributed by atoms with E-state index in [4.69, 9.17) is 10.5 Å². The van der Waals surface area contributed by atoms with Gasteiger partial charge in [-0.15, -0.1) is 0 Å². The van der Waals surface area contributed by atoms with Gasteiger partial charge in [0, 0.05) is 12.1 Å². The number of nitrogens with zero attached hydrogens (tertiary/aromatic N) is 1. The Kier molecular flexibility index (Phi) is 3.99. The Bertz CT molecular complexity index is 333. The summed E-state index contributed by atoms with van der Waals surface area (Å²) in [5, 5.41) is 0. The summed E-state index contributed by atoms with van der Waals surface area (Å²) in [6, 6.07) is 0. The van der Waals surface area contributed by atoms with Crippen LogP contribution in [0.4, 0.5) is 8.78 Å². The topological polar surface area (TPSA) is 48.1 Å². The van der Waals surface area contributed by atoms with Crippen molar-refractivity contribution in [3.05, 3.63) is 21.0 Å². The summed E-state index contributed by atoms with van der Waals surface area (Å²) >= 11 is 1.92. The van der Waals surface area contributed by atoms with Crippen LogP contribution in [0.1, 0.15) is 17.7 Å². The standard InChI is InChI=1S/C8H9F2IN2O/c1-14-5-3-13-7(8(9)10)4(2-12)6(5)11/h3,8H,2,12H2,1H3. The van der Waals surface area contributed by atoms with Crippen molar-refractivity contribution in [2.45, 2.75) is 13.0 Å². The number of aromatic nitrogens is 1. The van der Waals surface area contributed by atoms with E-state index in [9.17, 15) is 8.78 Å². The number of hydrogen-bond donors (Lipinski definition) is 1. The fraction of sp³-hybridized carbons (Fsp3) is 0.375. The molecule has 0 aliphatic rings. The van der Waals surface area contributed by atoms with E-state index in [0.29, 0.717) is 14.9 Å². The van der Waals surface area contributed by atoms with Crippen molar-refractivity contribution in [3.8, 4) is 5.75 Å². The molecule has 0 spiro atoms. The fourth-order valence-electron chi connectivity index (χ4n) is 1.05. The zero-order valence-corrected chi connectivity index (χ0v) is 9.59. The number of alkyl halides is 2. The molecular weight excluding hydrogens is 305 g/mol. The smallest absolute Gasteiger partial charge is 0.280 e. The van der Waals surface area contributed by atoms with Gasteiger partial charge in [-0.3, -0.25) is 4.98 Å². The highest BCUT2D eigenvalue weighted by Crippen LogP contribution is 2.29. The van der Waals surface area contributed by atoms with Gasteiger partial charge in [-0.2, -0.15) is 0 Å². The Morgan fingerprint density at radius 2 is 2.29 bits per heavy atom. The first kappa shape index (κ1) is 11.6. The molecule has 0 atom stereocenters. The van der Waals surface area contributed by atoms with Gasteiger partial charge in [0.2, 0.25) is 0 Å². The van der Waals surface area contributed by atoms with Crippen LogP contribution in [-0.4, -0.2) is 12.1 Å². The van der Waals surface area contributed by atoms with Gasteiger partial charge in [0.25, 0.3) is 6.43 Å². The summed E-state index contributed by atoms with van der Waals surface area (Å²) in [7, 11) is 1.46. The van der Waals surface area contributed by atoms with Crippen LogP contribution < -0.4 is 10.5 Å². The third kappa shape index (κ3) is 2.11. The minimum Gasteiger partial charge on any atom is -0.494 e. The lowest BCUT2D eigenvalue weighted by atomic mass is 10.2. The van der Waals surface area contributed by atoms with Crippen LogP contribution in [0.2, 0.25) is 0 Å². The SMILES string of the molecule is COc1cnc(C(F)F)c(CN)c1I. The van der Waals surface area contributed by atoms with Crippen LogP contribution in [0, 0.1) is 3.57 Å². The predicted octanol–water partition coefficient (Wildman–Crippen LogP) is 2.09. The fourth-order valence-corrected chi connectivity index (χ4v) is 1.90. The predicted molar refractivity (Wildman–Crippen MR) is 56.4 cm³/mol. The van der Waals surface area contributed by atoms with Gasteiger partial charge in [-0.05, 0) is 22.6 Å². The Labute approximate surface area is 93.8 Å².